The van der Waals surface area contributed by atoms with Gasteiger partial charge in [-0.2, -0.15) is 0 Å². The second kappa shape index (κ2) is 4.93. The zero-order valence-electron chi connectivity index (χ0n) is 9.40. The number of thioether (sulfide) groups is 1. The Hall–Kier alpha value is -1.27. The van der Waals surface area contributed by atoms with E-state index in [2.05, 4.69) is 15.0 Å². The fourth-order valence-electron chi connectivity index (χ4n) is 1.32. The summed E-state index contributed by atoms with van der Waals surface area (Å²) in [5.41, 5.74) is 1.33. The molecule has 2 aromatic heterocycles. The van der Waals surface area contributed by atoms with Crippen LogP contribution in [0.2, 0.25) is 5.15 Å². The van der Waals surface area contributed by atoms with Crippen LogP contribution in [0, 0.1) is 6.92 Å². The topological polar surface area (TPSA) is 63.6 Å². The van der Waals surface area contributed by atoms with Crippen LogP contribution in [0.15, 0.2) is 22.3 Å². The summed E-state index contributed by atoms with van der Waals surface area (Å²) < 4.78 is 1.74. The molecule has 0 saturated carbocycles. The molecule has 2 aromatic rings. The molecule has 0 spiro atoms. The summed E-state index contributed by atoms with van der Waals surface area (Å²) in [6.45, 7) is 1.78. The molecule has 17 heavy (non-hydrogen) atoms. The molecule has 0 amide bonds. The summed E-state index contributed by atoms with van der Waals surface area (Å²) in [7, 11) is 1.83. The van der Waals surface area contributed by atoms with Gasteiger partial charge >= 0.3 is 0 Å². The fourth-order valence-corrected chi connectivity index (χ4v) is 2.42. The van der Waals surface area contributed by atoms with Crippen LogP contribution < -0.4 is 5.56 Å². The first-order chi connectivity index (χ1) is 8.06. The number of H-pyrrole nitrogens is 1. The van der Waals surface area contributed by atoms with Gasteiger partial charge in [0, 0.05) is 24.6 Å². The number of aromatic nitrogens is 4. The number of imidazole rings is 1. The molecular weight excluding hydrogens is 260 g/mol. The van der Waals surface area contributed by atoms with Crippen LogP contribution in [0.5, 0.6) is 0 Å². The zero-order chi connectivity index (χ0) is 12.4. The number of hydrogen-bond acceptors (Lipinski definition) is 4. The van der Waals surface area contributed by atoms with Crippen LogP contribution >= 0.6 is 23.4 Å². The summed E-state index contributed by atoms with van der Waals surface area (Å²) in [6.07, 6.45) is 1.66. The Balaban J connectivity index is 2.12. The van der Waals surface area contributed by atoms with Crippen molar-refractivity contribution in [2.75, 3.05) is 0 Å². The third kappa shape index (κ3) is 2.89. The molecule has 90 valence electrons. The molecule has 2 heterocycles. The molecule has 0 aliphatic rings. The van der Waals surface area contributed by atoms with Crippen molar-refractivity contribution in [1.29, 1.82) is 0 Å². The highest BCUT2D eigenvalue weighted by Crippen LogP contribution is 2.22. The average molecular weight is 271 g/mol. The molecule has 5 nitrogen and oxygen atoms in total. The summed E-state index contributed by atoms with van der Waals surface area (Å²) >= 11 is 7.43. The number of aryl methyl sites for hydroxylation is 2. The lowest BCUT2D eigenvalue weighted by Crippen LogP contribution is -2.08. The first-order valence-electron chi connectivity index (χ1n) is 4.92. The van der Waals surface area contributed by atoms with E-state index >= 15 is 0 Å². The van der Waals surface area contributed by atoms with Gasteiger partial charge in [-0.1, -0.05) is 23.4 Å². The highest BCUT2D eigenvalue weighted by molar-refractivity contribution is 7.98. The quantitative estimate of drug-likeness (QED) is 0.682. The van der Waals surface area contributed by atoms with E-state index in [-0.39, 0.29) is 5.56 Å². The van der Waals surface area contributed by atoms with Crippen LogP contribution in [0.4, 0.5) is 0 Å². The van der Waals surface area contributed by atoms with E-state index in [4.69, 9.17) is 11.6 Å². The third-order valence-corrected chi connectivity index (χ3v) is 3.50. The smallest absolute Gasteiger partial charge is 0.251 e. The summed E-state index contributed by atoms with van der Waals surface area (Å²) in [5.74, 6) is 0.575. The van der Waals surface area contributed by atoms with Crippen LogP contribution in [0.1, 0.15) is 11.4 Å². The van der Waals surface area contributed by atoms with Gasteiger partial charge in [0.25, 0.3) is 5.56 Å². The van der Waals surface area contributed by atoms with E-state index in [0.717, 1.165) is 5.69 Å². The molecular formula is C10H11ClN4OS. The van der Waals surface area contributed by atoms with Crippen molar-refractivity contribution in [1.82, 2.24) is 19.5 Å². The minimum absolute atomic E-state index is 0.146. The lowest BCUT2D eigenvalue weighted by Gasteiger charge is -2.00. The normalized spacial score (nSPS) is 10.8. The second-order valence-electron chi connectivity index (χ2n) is 3.57. The van der Waals surface area contributed by atoms with Gasteiger partial charge in [-0.3, -0.25) is 4.79 Å². The zero-order valence-corrected chi connectivity index (χ0v) is 11.0. The fraction of sp³-hybridized carbons (Fsp3) is 0.300. The maximum Gasteiger partial charge on any atom is 0.251 e. The van der Waals surface area contributed by atoms with Crippen molar-refractivity contribution in [3.05, 3.63) is 39.3 Å². The van der Waals surface area contributed by atoms with Gasteiger partial charge in [0.1, 0.15) is 5.15 Å². The minimum Gasteiger partial charge on any atom is -0.325 e. The molecule has 0 saturated heterocycles. The van der Waals surface area contributed by atoms with Crippen molar-refractivity contribution in [3.63, 3.8) is 0 Å². The predicted molar refractivity (Wildman–Crippen MR) is 67.4 cm³/mol. The molecule has 2 rings (SSSR count). The number of rotatable bonds is 3. The summed E-state index contributed by atoms with van der Waals surface area (Å²) in [4.78, 5) is 22.3. The minimum atomic E-state index is -0.146. The van der Waals surface area contributed by atoms with E-state index in [0.29, 0.717) is 21.8 Å². The maximum atomic E-state index is 11.2. The molecule has 0 aromatic carbocycles. The first-order valence-corrected chi connectivity index (χ1v) is 6.29. The Kier molecular flexibility index (Phi) is 3.54. The monoisotopic (exact) mass is 270 g/mol. The molecule has 0 radical (unpaired) electrons. The Morgan fingerprint density at radius 1 is 1.59 bits per heavy atom. The van der Waals surface area contributed by atoms with Crippen molar-refractivity contribution in [2.45, 2.75) is 17.8 Å². The van der Waals surface area contributed by atoms with E-state index in [1.54, 1.807) is 17.8 Å². The highest BCUT2D eigenvalue weighted by Gasteiger charge is 2.07. The molecule has 0 bridgehead atoms. The number of nitrogens with zero attached hydrogens (tertiary/aromatic N) is 3. The molecule has 0 fully saturated rings. The molecule has 0 aliphatic carbocycles. The molecule has 7 heteroatoms. The molecule has 1 N–H and O–H groups in total. The number of aromatic amines is 1. The van der Waals surface area contributed by atoms with Gasteiger partial charge < -0.3 is 9.55 Å². The third-order valence-electron chi connectivity index (χ3n) is 2.13. The average Bonchev–Trinajstić information content (AvgIpc) is 2.56. The van der Waals surface area contributed by atoms with Gasteiger partial charge in [-0.15, -0.1) is 0 Å². The Morgan fingerprint density at radius 2 is 2.35 bits per heavy atom. The van der Waals surface area contributed by atoms with Gasteiger partial charge in [-0.25, -0.2) is 9.97 Å². The van der Waals surface area contributed by atoms with Gasteiger partial charge in [0.05, 0.1) is 12.0 Å². The first kappa shape index (κ1) is 12.2. The highest BCUT2D eigenvalue weighted by atomic mass is 35.5. The molecule has 0 aliphatic heterocycles. The lowest BCUT2D eigenvalue weighted by molar-refractivity contribution is 0.904. The van der Waals surface area contributed by atoms with E-state index in [9.17, 15) is 4.79 Å². The van der Waals surface area contributed by atoms with E-state index in [1.165, 1.54) is 17.8 Å². The van der Waals surface area contributed by atoms with Gasteiger partial charge in [0.2, 0.25) is 0 Å². The lowest BCUT2D eigenvalue weighted by atomic mass is 10.5. The largest absolute Gasteiger partial charge is 0.325 e. The maximum absolute atomic E-state index is 11.2. The SMILES string of the molecule is Cc1cc(=O)[nH]c(SCc2ncn(C)c2Cl)n1. The van der Waals surface area contributed by atoms with Gasteiger partial charge in [-0.05, 0) is 6.92 Å². The Morgan fingerprint density at radius 3 is 2.94 bits per heavy atom. The van der Waals surface area contributed by atoms with Crippen LogP contribution in [-0.4, -0.2) is 19.5 Å². The predicted octanol–water partition coefficient (Wildman–Crippen LogP) is 1.76. The van der Waals surface area contributed by atoms with E-state index in [1.807, 2.05) is 7.05 Å². The molecule has 0 atom stereocenters. The van der Waals surface area contributed by atoms with Crippen LogP contribution in [0.25, 0.3) is 0 Å². The second-order valence-corrected chi connectivity index (χ2v) is 4.90. The van der Waals surface area contributed by atoms with Crippen molar-refractivity contribution in [2.24, 2.45) is 7.05 Å². The number of hydrogen-bond donors (Lipinski definition) is 1. The Labute approximate surface area is 107 Å². The van der Waals surface area contributed by atoms with Gasteiger partial charge in [0.15, 0.2) is 5.16 Å². The Bertz CT molecular complexity index is 592. The van der Waals surface area contributed by atoms with E-state index < -0.39 is 0 Å². The standard InChI is InChI=1S/C10H11ClN4OS/c1-6-3-8(16)14-10(13-6)17-4-7-9(11)15(2)5-12-7/h3,5H,4H2,1-2H3,(H,13,14,16). The summed E-state index contributed by atoms with van der Waals surface area (Å²) in [6, 6.07) is 1.46. The molecule has 0 unspecified atom stereocenters. The van der Waals surface area contributed by atoms with Crippen molar-refractivity contribution in [3.8, 4) is 0 Å². The number of nitrogens with one attached hydrogen (secondary N) is 1. The van der Waals surface area contributed by atoms with Crippen molar-refractivity contribution < 1.29 is 0 Å². The number of halogens is 1. The summed E-state index contributed by atoms with van der Waals surface area (Å²) in [5, 5.41) is 1.18. The van der Waals surface area contributed by atoms with Crippen LogP contribution in [-0.2, 0) is 12.8 Å². The van der Waals surface area contributed by atoms with Crippen LogP contribution in [0.3, 0.4) is 0 Å². The van der Waals surface area contributed by atoms with Crippen molar-refractivity contribution >= 4 is 23.4 Å².